The first-order chi connectivity index (χ1) is 9.13. The Morgan fingerprint density at radius 2 is 2.32 bits per heavy atom. The smallest absolute Gasteiger partial charge is 0.315 e. The Balaban J connectivity index is 2.02. The zero-order valence-electron chi connectivity index (χ0n) is 11.1. The van der Waals surface area contributed by atoms with E-state index in [1.165, 1.54) is 16.2 Å². The van der Waals surface area contributed by atoms with Gasteiger partial charge in [0.15, 0.2) is 5.13 Å². The summed E-state index contributed by atoms with van der Waals surface area (Å²) in [5.74, 6) is -0.224. The van der Waals surface area contributed by atoms with Gasteiger partial charge in [0.2, 0.25) is 0 Å². The summed E-state index contributed by atoms with van der Waals surface area (Å²) in [5.41, 5.74) is 1.07. The lowest BCUT2D eigenvalue weighted by atomic mass is 10.2. The summed E-state index contributed by atoms with van der Waals surface area (Å²) in [6.07, 6.45) is 2.88. The van der Waals surface area contributed by atoms with Crippen molar-refractivity contribution in [2.24, 2.45) is 0 Å². The highest BCUT2D eigenvalue weighted by molar-refractivity contribution is 7.15. The van der Waals surface area contributed by atoms with Gasteiger partial charge in [0, 0.05) is 11.4 Å². The molecule has 1 saturated heterocycles. The molecule has 0 aliphatic carbocycles. The van der Waals surface area contributed by atoms with Gasteiger partial charge >= 0.3 is 6.03 Å². The second-order valence-electron chi connectivity index (χ2n) is 4.39. The quantitative estimate of drug-likeness (QED) is 0.760. The molecule has 1 unspecified atom stereocenters. The molecule has 0 spiro atoms. The van der Waals surface area contributed by atoms with Gasteiger partial charge in [0.1, 0.15) is 6.04 Å². The number of carbonyl (C=O) groups excluding carboxylic acids is 2. The van der Waals surface area contributed by atoms with Crippen molar-refractivity contribution < 1.29 is 9.59 Å². The van der Waals surface area contributed by atoms with Crippen molar-refractivity contribution in [3.05, 3.63) is 10.6 Å². The molecule has 6 nitrogen and oxygen atoms in total. The molecule has 7 heteroatoms. The average Bonchev–Trinajstić information content (AvgIpc) is 2.96. The summed E-state index contributed by atoms with van der Waals surface area (Å²) in [4.78, 5) is 28.6. The molecule has 104 valence electrons. The van der Waals surface area contributed by atoms with Gasteiger partial charge in [-0.15, -0.1) is 11.3 Å². The molecular weight excluding hydrogens is 264 g/mol. The minimum absolute atomic E-state index is 0.224. The summed E-state index contributed by atoms with van der Waals surface area (Å²) in [7, 11) is 0. The first kappa shape index (κ1) is 13.8. The largest absolute Gasteiger partial charge is 0.336 e. The number of aromatic nitrogens is 1. The number of nitrogens with one attached hydrogen (secondary N) is 3. The van der Waals surface area contributed by atoms with Crippen LogP contribution in [0.4, 0.5) is 9.93 Å². The van der Waals surface area contributed by atoms with E-state index in [9.17, 15) is 9.59 Å². The molecular formula is C12H18N4O2S. The molecule has 1 aromatic heterocycles. The highest BCUT2D eigenvalue weighted by Gasteiger charge is 2.27. The molecule has 1 fully saturated rings. The first-order valence-electron chi connectivity index (χ1n) is 6.47. The SMILES string of the molecule is CCCc1nc(NC(=O)C2CNC(=O)N2)sc1CC. The van der Waals surface area contributed by atoms with Crippen molar-refractivity contribution in [2.45, 2.75) is 39.2 Å². The summed E-state index contributed by atoms with van der Waals surface area (Å²) >= 11 is 1.51. The third-order valence-electron chi connectivity index (χ3n) is 2.90. The molecule has 2 rings (SSSR count). The summed E-state index contributed by atoms with van der Waals surface area (Å²) in [6, 6.07) is -0.823. The highest BCUT2D eigenvalue weighted by atomic mass is 32.1. The number of anilines is 1. The van der Waals surface area contributed by atoms with E-state index in [1.54, 1.807) is 0 Å². The molecule has 19 heavy (non-hydrogen) atoms. The standard InChI is InChI=1S/C12H18N4O2S/c1-3-5-7-9(4-2)19-12(15-7)16-10(17)8-6-13-11(18)14-8/h8H,3-6H2,1-2H3,(H2,13,14,18)(H,15,16,17). The third-order valence-corrected chi connectivity index (χ3v) is 4.06. The van der Waals surface area contributed by atoms with Crippen LogP contribution in [0.1, 0.15) is 30.8 Å². The molecule has 1 aliphatic rings. The number of carbonyl (C=O) groups is 2. The van der Waals surface area contributed by atoms with E-state index >= 15 is 0 Å². The lowest BCUT2D eigenvalue weighted by molar-refractivity contribution is -0.117. The average molecular weight is 282 g/mol. The van der Waals surface area contributed by atoms with Crippen LogP contribution in [0, 0.1) is 0 Å². The van der Waals surface area contributed by atoms with Crippen LogP contribution in [0.5, 0.6) is 0 Å². The summed E-state index contributed by atoms with van der Waals surface area (Å²) in [6.45, 7) is 4.51. The molecule has 3 amide bonds. The fourth-order valence-electron chi connectivity index (χ4n) is 1.95. The van der Waals surface area contributed by atoms with E-state index < -0.39 is 6.04 Å². The molecule has 1 aromatic rings. The van der Waals surface area contributed by atoms with Crippen molar-refractivity contribution >= 4 is 28.4 Å². The molecule has 1 aliphatic heterocycles. The van der Waals surface area contributed by atoms with Crippen LogP contribution < -0.4 is 16.0 Å². The maximum absolute atomic E-state index is 11.9. The molecule has 0 saturated carbocycles. The Labute approximate surface area is 116 Å². The number of urea groups is 1. The van der Waals surface area contributed by atoms with Crippen molar-refractivity contribution in [1.82, 2.24) is 15.6 Å². The predicted octanol–water partition coefficient (Wildman–Crippen LogP) is 1.28. The fourth-order valence-corrected chi connectivity index (χ4v) is 2.90. The van der Waals surface area contributed by atoms with Gasteiger partial charge < -0.3 is 16.0 Å². The van der Waals surface area contributed by atoms with Crippen LogP contribution in [0.3, 0.4) is 0 Å². The number of rotatable bonds is 5. The normalized spacial score (nSPS) is 18.0. The predicted molar refractivity (Wildman–Crippen MR) is 74.4 cm³/mol. The fraction of sp³-hybridized carbons (Fsp3) is 0.583. The molecule has 0 bridgehead atoms. The molecule has 1 atom stereocenters. The van der Waals surface area contributed by atoms with Gasteiger partial charge in [-0.2, -0.15) is 0 Å². The number of hydrogen-bond acceptors (Lipinski definition) is 4. The van der Waals surface area contributed by atoms with Crippen LogP contribution in [-0.2, 0) is 17.6 Å². The van der Waals surface area contributed by atoms with Crippen molar-refractivity contribution in [1.29, 1.82) is 0 Å². The van der Waals surface area contributed by atoms with Gasteiger partial charge in [0.25, 0.3) is 5.91 Å². The molecule has 0 radical (unpaired) electrons. The van der Waals surface area contributed by atoms with E-state index in [1.807, 2.05) is 0 Å². The minimum atomic E-state index is -0.517. The van der Waals surface area contributed by atoms with E-state index in [2.05, 4.69) is 34.8 Å². The third kappa shape index (κ3) is 3.23. The topological polar surface area (TPSA) is 83.1 Å². The number of nitrogens with zero attached hydrogens (tertiary/aromatic N) is 1. The maximum atomic E-state index is 11.9. The zero-order chi connectivity index (χ0) is 13.8. The zero-order valence-corrected chi connectivity index (χ0v) is 11.9. The van der Waals surface area contributed by atoms with E-state index in [-0.39, 0.29) is 11.9 Å². The van der Waals surface area contributed by atoms with Gasteiger partial charge in [-0.25, -0.2) is 9.78 Å². The second kappa shape index (κ2) is 6.01. The van der Waals surface area contributed by atoms with Crippen LogP contribution in [0.15, 0.2) is 0 Å². The number of thiazole rings is 1. The van der Waals surface area contributed by atoms with Crippen molar-refractivity contribution in [3.8, 4) is 0 Å². The van der Waals surface area contributed by atoms with Gasteiger partial charge in [-0.1, -0.05) is 20.3 Å². The number of aryl methyl sites for hydroxylation is 2. The number of amides is 3. The molecule has 3 N–H and O–H groups in total. The van der Waals surface area contributed by atoms with Crippen molar-refractivity contribution in [3.63, 3.8) is 0 Å². The van der Waals surface area contributed by atoms with E-state index in [0.29, 0.717) is 11.7 Å². The molecule has 0 aromatic carbocycles. The van der Waals surface area contributed by atoms with Crippen LogP contribution in [0.25, 0.3) is 0 Å². The Morgan fingerprint density at radius 1 is 1.53 bits per heavy atom. The highest BCUT2D eigenvalue weighted by Crippen LogP contribution is 2.24. The lowest BCUT2D eigenvalue weighted by Gasteiger charge is -2.06. The van der Waals surface area contributed by atoms with Gasteiger partial charge in [-0.3, -0.25) is 4.79 Å². The first-order valence-corrected chi connectivity index (χ1v) is 7.29. The second-order valence-corrected chi connectivity index (χ2v) is 5.47. The van der Waals surface area contributed by atoms with E-state index in [0.717, 1.165) is 25.0 Å². The monoisotopic (exact) mass is 282 g/mol. The maximum Gasteiger partial charge on any atom is 0.315 e. The van der Waals surface area contributed by atoms with Crippen molar-refractivity contribution in [2.75, 3.05) is 11.9 Å². The Hall–Kier alpha value is -1.63. The van der Waals surface area contributed by atoms with Crippen LogP contribution in [-0.4, -0.2) is 29.5 Å². The van der Waals surface area contributed by atoms with Gasteiger partial charge in [0.05, 0.1) is 5.69 Å². The van der Waals surface area contributed by atoms with E-state index in [4.69, 9.17) is 0 Å². The minimum Gasteiger partial charge on any atom is -0.336 e. The number of hydrogen-bond donors (Lipinski definition) is 3. The van der Waals surface area contributed by atoms with Gasteiger partial charge in [-0.05, 0) is 12.8 Å². The van der Waals surface area contributed by atoms with Crippen LogP contribution in [0.2, 0.25) is 0 Å². The Kier molecular flexibility index (Phi) is 4.36. The summed E-state index contributed by atoms with van der Waals surface area (Å²) < 4.78 is 0. The summed E-state index contributed by atoms with van der Waals surface area (Å²) in [5, 5.41) is 8.49. The lowest BCUT2D eigenvalue weighted by Crippen LogP contribution is -2.38. The Bertz CT molecular complexity index is 486. The molecule has 2 heterocycles. The van der Waals surface area contributed by atoms with Crippen LogP contribution >= 0.6 is 11.3 Å². The Morgan fingerprint density at radius 3 is 2.89 bits per heavy atom.